The number of carbonyl (C=O) groups excluding carboxylic acids is 2. The van der Waals surface area contributed by atoms with E-state index < -0.39 is 6.03 Å². The summed E-state index contributed by atoms with van der Waals surface area (Å²) >= 11 is 1.40. The third-order valence-electron chi connectivity index (χ3n) is 4.30. The lowest BCUT2D eigenvalue weighted by atomic mass is 9.95. The third-order valence-corrected chi connectivity index (χ3v) is 5.25. The Morgan fingerprint density at radius 2 is 1.92 bits per heavy atom. The maximum Gasteiger partial charge on any atom is 0.321 e. The molecular weight excluding hydrogens is 324 g/mol. The Bertz CT molecular complexity index is 592. The van der Waals surface area contributed by atoms with Gasteiger partial charge in [0.1, 0.15) is 0 Å². The van der Waals surface area contributed by atoms with Crippen LogP contribution in [0.4, 0.5) is 4.79 Å². The van der Waals surface area contributed by atoms with Crippen LogP contribution < -0.4 is 10.6 Å². The predicted molar refractivity (Wildman–Crippen MR) is 96.4 cm³/mol. The van der Waals surface area contributed by atoms with Crippen LogP contribution in [0.2, 0.25) is 0 Å². The van der Waals surface area contributed by atoms with Crippen molar-refractivity contribution < 1.29 is 9.59 Å². The highest BCUT2D eigenvalue weighted by Gasteiger charge is 2.22. The van der Waals surface area contributed by atoms with Crippen molar-refractivity contribution in [1.29, 1.82) is 0 Å². The molecule has 0 atom stereocenters. The quantitative estimate of drug-likeness (QED) is 0.797. The lowest BCUT2D eigenvalue weighted by molar-refractivity contribution is -0.117. The summed E-state index contributed by atoms with van der Waals surface area (Å²) < 4.78 is 2.29. The van der Waals surface area contributed by atoms with E-state index >= 15 is 0 Å². The minimum atomic E-state index is -0.446. The summed E-state index contributed by atoms with van der Waals surface area (Å²) in [6.07, 6.45) is 6.15. The van der Waals surface area contributed by atoms with Crippen molar-refractivity contribution in [2.75, 3.05) is 5.75 Å². The molecule has 0 radical (unpaired) electrons. The van der Waals surface area contributed by atoms with Gasteiger partial charge in [0.25, 0.3) is 0 Å². The second-order valence-electron chi connectivity index (χ2n) is 6.69. The SMILES string of the molecule is Cc1nc(SCC(=O)NC(=O)NC(C)C)n(C2CCCCC2)c1C. The second-order valence-corrected chi connectivity index (χ2v) is 7.63. The van der Waals surface area contributed by atoms with Crippen LogP contribution in [0.1, 0.15) is 63.4 Å². The van der Waals surface area contributed by atoms with E-state index in [4.69, 9.17) is 0 Å². The van der Waals surface area contributed by atoms with Crippen LogP contribution in [0.3, 0.4) is 0 Å². The summed E-state index contributed by atoms with van der Waals surface area (Å²) in [6.45, 7) is 7.81. The van der Waals surface area contributed by atoms with Gasteiger partial charge in [-0.2, -0.15) is 0 Å². The Kier molecular flexibility index (Phi) is 6.71. The molecule has 0 bridgehead atoms. The average Bonchev–Trinajstić information content (AvgIpc) is 2.80. The van der Waals surface area contributed by atoms with Gasteiger partial charge < -0.3 is 9.88 Å². The molecular formula is C17H28N4O2S. The van der Waals surface area contributed by atoms with Crippen LogP contribution in [-0.2, 0) is 4.79 Å². The maximum atomic E-state index is 12.0. The highest BCUT2D eigenvalue weighted by Crippen LogP contribution is 2.34. The zero-order chi connectivity index (χ0) is 17.7. The van der Waals surface area contributed by atoms with Crippen molar-refractivity contribution in [3.8, 4) is 0 Å². The fourth-order valence-corrected chi connectivity index (χ4v) is 4.02. The van der Waals surface area contributed by atoms with Gasteiger partial charge in [-0.25, -0.2) is 9.78 Å². The predicted octanol–water partition coefficient (Wildman–Crippen LogP) is 3.33. The van der Waals surface area contributed by atoms with E-state index in [1.54, 1.807) is 0 Å². The summed E-state index contributed by atoms with van der Waals surface area (Å²) in [6, 6.07) is 0.0364. The van der Waals surface area contributed by atoms with Gasteiger partial charge in [-0.1, -0.05) is 31.0 Å². The Morgan fingerprint density at radius 1 is 1.25 bits per heavy atom. The summed E-state index contributed by atoms with van der Waals surface area (Å²) in [4.78, 5) is 28.2. The van der Waals surface area contributed by atoms with Crippen LogP contribution in [0, 0.1) is 13.8 Å². The fourth-order valence-electron chi connectivity index (χ4n) is 3.06. The summed E-state index contributed by atoms with van der Waals surface area (Å²) in [5.41, 5.74) is 2.20. The first-order valence-electron chi connectivity index (χ1n) is 8.67. The van der Waals surface area contributed by atoms with Crippen molar-refractivity contribution in [2.45, 2.75) is 77.0 Å². The number of imide groups is 1. The number of nitrogens with zero attached hydrogens (tertiary/aromatic N) is 2. The second kappa shape index (κ2) is 8.55. The highest BCUT2D eigenvalue weighted by atomic mass is 32.2. The summed E-state index contributed by atoms with van der Waals surface area (Å²) in [7, 11) is 0. The fraction of sp³-hybridized carbons (Fsp3) is 0.706. The molecule has 7 heteroatoms. The van der Waals surface area contributed by atoms with Crippen LogP contribution in [0.25, 0.3) is 0 Å². The van der Waals surface area contributed by atoms with E-state index in [1.165, 1.54) is 49.6 Å². The standard InChI is InChI=1S/C17H28N4O2S/c1-11(2)18-16(23)20-15(22)10-24-17-19-12(3)13(4)21(17)14-8-6-5-7-9-14/h11,14H,5-10H2,1-4H3,(H2,18,20,22,23). The molecule has 1 heterocycles. The number of hydrogen-bond donors (Lipinski definition) is 2. The molecule has 1 aromatic heterocycles. The van der Waals surface area contributed by atoms with Crippen molar-refractivity contribution in [3.05, 3.63) is 11.4 Å². The van der Waals surface area contributed by atoms with Gasteiger partial charge in [0.15, 0.2) is 5.16 Å². The summed E-state index contributed by atoms with van der Waals surface area (Å²) in [5.74, 6) is -0.111. The van der Waals surface area contributed by atoms with E-state index in [9.17, 15) is 9.59 Å². The molecule has 0 unspecified atom stereocenters. The number of aryl methyl sites for hydroxylation is 1. The molecule has 3 amide bonds. The zero-order valence-electron chi connectivity index (χ0n) is 15.0. The van der Waals surface area contributed by atoms with Crippen molar-refractivity contribution in [3.63, 3.8) is 0 Å². The van der Waals surface area contributed by atoms with Crippen LogP contribution in [0.5, 0.6) is 0 Å². The molecule has 0 aromatic carbocycles. The Labute approximate surface area is 148 Å². The molecule has 2 N–H and O–H groups in total. The number of imidazole rings is 1. The van der Waals surface area contributed by atoms with Crippen molar-refractivity contribution in [2.24, 2.45) is 0 Å². The zero-order valence-corrected chi connectivity index (χ0v) is 15.8. The van der Waals surface area contributed by atoms with Crippen LogP contribution >= 0.6 is 11.8 Å². The molecule has 0 spiro atoms. The Hall–Kier alpha value is -1.50. The number of aromatic nitrogens is 2. The number of hydrogen-bond acceptors (Lipinski definition) is 4. The topological polar surface area (TPSA) is 76.0 Å². The summed E-state index contributed by atoms with van der Waals surface area (Å²) in [5, 5.41) is 5.89. The molecule has 1 aliphatic rings. The van der Waals surface area contributed by atoms with E-state index in [2.05, 4.69) is 27.1 Å². The first kappa shape index (κ1) is 18.8. The molecule has 24 heavy (non-hydrogen) atoms. The van der Waals surface area contributed by atoms with Crippen molar-refractivity contribution >= 4 is 23.7 Å². The number of amides is 3. The maximum absolute atomic E-state index is 12.0. The molecule has 0 aliphatic heterocycles. The first-order valence-corrected chi connectivity index (χ1v) is 9.65. The lowest BCUT2D eigenvalue weighted by Crippen LogP contribution is -2.43. The van der Waals surface area contributed by atoms with E-state index in [0.29, 0.717) is 6.04 Å². The Balaban J connectivity index is 1.98. The first-order chi connectivity index (χ1) is 11.4. The molecule has 1 saturated carbocycles. The lowest BCUT2D eigenvalue weighted by Gasteiger charge is -2.26. The van der Waals surface area contributed by atoms with Gasteiger partial charge in [-0.05, 0) is 40.5 Å². The van der Waals surface area contributed by atoms with E-state index in [1.807, 2.05) is 20.8 Å². The van der Waals surface area contributed by atoms with Gasteiger partial charge in [-0.3, -0.25) is 10.1 Å². The molecule has 1 aliphatic carbocycles. The van der Waals surface area contributed by atoms with Gasteiger partial charge >= 0.3 is 6.03 Å². The number of carbonyl (C=O) groups is 2. The van der Waals surface area contributed by atoms with Crippen LogP contribution in [0.15, 0.2) is 5.16 Å². The largest absolute Gasteiger partial charge is 0.336 e. The molecule has 134 valence electrons. The normalized spacial score (nSPS) is 15.5. The van der Waals surface area contributed by atoms with Crippen molar-refractivity contribution in [1.82, 2.24) is 20.2 Å². The average molecular weight is 353 g/mol. The van der Waals surface area contributed by atoms with Gasteiger partial charge in [0.2, 0.25) is 5.91 Å². The van der Waals surface area contributed by atoms with Gasteiger partial charge in [0.05, 0.1) is 11.4 Å². The van der Waals surface area contributed by atoms with Gasteiger partial charge in [0, 0.05) is 17.8 Å². The Morgan fingerprint density at radius 3 is 2.54 bits per heavy atom. The number of nitrogens with one attached hydrogen (secondary N) is 2. The molecule has 6 nitrogen and oxygen atoms in total. The van der Waals surface area contributed by atoms with Crippen LogP contribution in [-0.4, -0.2) is 33.3 Å². The monoisotopic (exact) mass is 352 g/mol. The molecule has 2 rings (SSSR count). The smallest absolute Gasteiger partial charge is 0.321 e. The number of urea groups is 1. The number of rotatable bonds is 5. The highest BCUT2D eigenvalue weighted by molar-refractivity contribution is 7.99. The minimum absolute atomic E-state index is 0.000882. The van der Waals surface area contributed by atoms with E-state index in [0.717, 1.165) is 10.9 Å². The van der Waals surface area contributed by atoms with E-state index in [-0.39, 0.29) is 17.7 Å². The molecule has 1 aromatic rings. The van der Waals surface area contributed by atoms with Gasteiger partial charge in [-0.15, -0.1) is 0 Å². The molecule has 0 saturated heterocycles. The molecule has 1 fully saturated rings. The number of thioether (sulfide) groups is 1. The minimum Gasteiger partial charge on any atom is -0.336 e. The third kappa shape index (κ3) is 5.00.